The summed E-state index contributed by atoms with van der Waals surface area (Å²) >= 11 is 0. The van der Waals surface area contributed by atoms with Gasteiger partial charge in [-0.25, -0.2) is 0 Å². The molecule has 1 fully saturated rings. The third kappa shape index (κ3) is 6.71. The smallest absolute Gasteiger partial charge is 0.257 e. The van der Waals surface area contributed by atoms with E-state index in [2.05, 4.69) is 18.7 Å². The number of amides is 2. The van der Waals surface area contributed by atoms with Crippen molar-refractivity contribution in [1.29, 1.82) is 0 Å². The standard InChI is InChI=1S/C26H40N2O4/c1-4-27-15-7-8-16-28(25(29)14-13-22-10-9-17-31-22)21(18-20(2)3)19-32-24-12-6-5-11-23(24)26(27)30/h5-6,11-12,20-22H,4,7-10,13-19H2,1-3H3/t21-,22?/m0/s1. The second-order valence-corrected chi connectivity index (χ2v) is 9.44. The van der Waals surface area contributed by atoms with Gasteiger partial charge >= 0.3 is 0 Å². The maximum Gasteiger partial charge on any atom is 0.257 e. The number of nitrogens with zero attached hydrogens (tertiary/aromatic N) is 2. The molecule has 0 aromatic heterocycles. The molecular formula is C26H40N2O4. The highest BCUT2D eigenvalue weighted by Crippen LogP contribution is 2.24. The summed E-state index contributed by atoms with van der Waals surface area (Å²) in [7, 11) is 0. The summed E-state index contributed by atoms with van der Waals surface area (Å²) < 4.78 is 12.0. The van der Waals surface area contributed by atoms with Crippen LogP contribution in [0.2, 0.25) is 0 Å². The summed E-state index contributed by atoms with van der Waals surface area (Å²) in [6.45, 7) is 9.65. The first-order valence-corrected chi connectivity index (χ1v) is 12.4. The molecule has 6 nitrogen and oxygen atoms in total. The lowest BCUT2D eigenvalue weighted by Crippen LogP contribution is -2.45. The van der Waals surface area contributed by atoms with Crippen molar-refractivity contribution < 1.29 is 19.1 Å². The number of carbonyl (C=O) groups excluding carboxylic acids is 2. The van der Waals surface area contributed by atoms with Crippen LogP contribution in [0, 0.1) is 5.92 Å². The molecule has 2 aliphatic heterocycles. The molecule has 1 aromatic carbocycles. The fourth-order valence-corrected chi connectivity index (χ4v) is 4.75. The molecule has 2 amide bonds. The Labute approximate surface area is 193 Å². The number of hydrogen-bond acceptors (Lipinski definition) is 4. The van der Waals surface area contributed by atoms with E-state index in [-0.39, 0.29) is 24.0 Å². The van der Waals surface area contributed by atoms with Gasteiger partial charge in [-0.15, -0.1) is 0 Å². The number of para-hydroxylation sites is 1. The number of fused-ring (bicyclic) bond motifs is 1. The van der Waals surface area contributed by atoms with Crippen molar-refractivity contribution in [3.63, 3.8) is 0 Å². The Morgan fingerprint density at radius 1 is 1.16 bits per heavy atom. The van der Waals surface area contributed by atoms with Crippen LogP contribution in [-0.4, -0.2) is 66.6 Å². The molecule has 0 radical (unpaired) electrons. The molecule has 0 N–H and O–H groups in total. The summed E-state index contributed by atoms with van der Waals surface area (Å²) in [4.78, 5) is 30.4. The van der Waals surface area contributed by atoms with Gasteiger partial charge in [-0.2, -0.15) is 0 Å². The maximum atomic E-state index is 13.3. The first kappa shape index (κ1) is 24.6. The molecule has 0 spiro atoms. The van der Waals surface area contributed by atoms with E-state index in [0.29, 0.717) is 49.9 Å². The second kappa shape index (κ2) is 12.2. The quantitative estimate of drug-likeness (QED) is 0.647. The van der Waals surface area contributed by atoms with Crippen molar-refractivity contribution in [1.82, 2.24) is 9.80 Å². The maximum absolute atomic E-state index is 13.3. The summed E-state index contributed by atoms with van der Waals surface area (Å²) in [5.74, 6) is 1.27. The van der Waals surface area contributed by atoms with Crippen molar-refractivity contribution in [2.24, 2.45) is 5.92 Å². The molecule has 6 heteroatoms. The van der Waals surface area contributed by atoms with E-state index < -0.39 is 0 Å². The Morgan fingerprint density at radius 2 is 1.94 bits per heavy atom. The molecule has 1 unspecified atom stereocenters. The largest absolute Gasteiger partial charge is 0.491 e. The molecular weight excluding hydrogens is 404 g/mol. The number of carbonyl (C=O) groups is 2. The summed E-state index contributed by atoms with van der Waals surface area (Å²) in [5.41, 5.74) is 0.606. The minimum atomic E-state index is -0.00291. The zero-order valence-corrected chi connectivity index (χ0v) is 20.1. The highest BCUT2D eigenvalue weighted by molar-refractivity contribution is 5.96. The van der Waals surface area contributed by atoms with Crippen LogP contribution in [0.5, 0.6) is 5.75 Å². The molecule has 2 atom stereocenters. The zero-order valence-electron chi connectivity index (χ0n) is 20.1. The Bertz CT molecular complexity index is 745. The lowest BCUT2D eigenvalue weighted by atomic mass is 10.0. The Kier molecular flexibility index (Phi) is 9.39. The normalized spacial score (nSPS) is 22.8. The van der Waals surface area contributed by atoms with Crippen molar-refractivity contribution >= 4 is 11.8 Å². The molecule has 1 aromatic rings. The van der Waals surface area contributed by atoms with Crippen LogP contribution in [0.1, 0.15) is 76.1 Å². The van der Waals surface area contributed by atoms with Gasteiger partial charge in [0.15, 0.2) is 0 Å². The van der Waals surface area contributed by atoms with E-state index in [1.807, 2.05) is 36.1 Å². The predicted molar refractivity (Wildman–Crippen MR) is 126 cm³/mol. The summed E-state index contributed by atoms with van der Waals surface area (Å²) in [5, 5.41) is 0. The van der Waals surface area contributed by atoms with Gasteiger partial charge < -0.3 is 19.3 Å². The van der Waals surface area contributed by atoms with E-state index in [4.69, 9.17) is 9.47 Å². The lowest BCUT2D eigenvalue weighted by Gasteiger charge is -2.34. The fraction of sp³-hybridized carbons (Fsp3) is 0.692. The predicted octanol–water partition coefficient (Wildman–Crippen LogP) is 4.52. The fourth-order valence-electron chi connectivity index (χ4n) is 4.75. The molecule has 32 heavy (non-hydrogen) atoms. The Balaban J connectivity index is 1.79. The van der Waals surface area contributed by atoms with Gasteiger partial charge in [-0.05, 0) is 63.5 Å². The third-order valence-corrected chi connectivity index (χ3v) is 6.50. The second-order valence-electron chi connectivity index (χ2n) is 9.44. The molecule has 2 heterocycles. The number of benzene rings is 1. The van der Waals surface area contributed by atoms with Gasteiger partial charge in [0.2, 0.25) is 5.91 Å². The van der Waals surface area contributed by atoms with Crippen LogP contribution in [-0.2, 0) is 9.53 Å². The molecule has 178 valence electrons. The van der Waals surface area contributed by atoms with Crippen molar-refractivity contribution in [3.8, 4) is 5.75 Å². The molecule has 0 aliphatic carbocycles. The number of ether oxygens (including phenoxy) is 2. The van der Waals surface area contributed by atoms with Gasteiger partial charge in [0.1, 0.15) is 12.4 Å². The average Bonchev–Trinajstić information content (AvgIpc) is 3.30. The molecule has 1 saturated heterocycles. The monoisotopic (exact) mass is 444 g/mol. The van der Waals surface area contributed by atoms with E-state index in [1.165, 1.54) is 0 Å². The third-order valence-electron chi connectivity index (χ3n) is 6.50. The van der Waals surface area contributed by atoms with E-state index in [9.17, 15) is 9.59 Å². The first-order chi connectivity index (χ1) is 15.5. The Hall–Kier alpha value is -2.08. The topological polar surface area (TPSA) is 59.1 Å². The summed E-state index contributed by atoms with van der Waals surface area (Å²) in [6, 6.07) is 7.48. The highest BCUT2D eigenvalue weighted by Gasteiger charge is 2.28. The zero-order chi connectivity index (χ0) is 22.9. The van der Waals surface area contributed by atoms with Gasteiger partial charge in [0.05, 0.1) is 17.7 Å². The van der Waals surface area contributed by atoms with Crippen molar-refractivity contribution in [2.75, 3.05) is 32.8 Å². The van der Waals surface area contributed by atoms with Crippen LogP contribution >= 0.6 is 0 Å². The van der Waals surface area contributed by atoms with Crippen molar-refractivity contribution in [2.45, 2.75) is 77.9 Å². The van der Waals surface area contributed by atoms with Gasteiger partial charge in [0, 0.05) is 32.7 Å². The number of rotatable bonds is 6. The highest BCUT2D eigenvalue weighted by atomic mass is 16.5. The van der Waals surface area contributed by atoms with Gasteiger partial charge in [-0.3, -0.25) is 9.59 Å². The molecule has 2 aliphatic rings. The first-order valence-electron chi connectivity index (χ1n) is 12.4. The van der Waals surface area contributed by atoms with Crippen LogP contribution in [0.4, 0.5) is 0 Å². The van der Waals surface area contributed by atoms with E-state index >= 15 is 0 Å². The number of hydrogen-bond donors (Lipinski definition) is 0. The molecule has 0 bridgehead atoms. The van der Waals surface area contributed by atoms with Crippen LogP contribution in [0.3, 0.4) is 0 Å². The van der Waals surface area contributed by atoms with Crippen LogP contribution in [0.25, 0.3) is 0 Å². The van der Waals surface area contributed by atoms with Crippen molar-refractivity contribution in [3.05, 3.63) is 29.8 Å². The Morgan fingerprint density at radius 3 is 2.66 bits per heavy atom. The average molecular weight is 445 g/mol. The van der Waals surface area contributed by atoms with E-state index in [1.54, 1.807) is 0 Å². The van der Waals surface area contributed by atoms with Gasteiger partial charge in [0.25, 0.3) is 5.91 Å². The minimum Gasteiger partial charge on any atom is -0.491 e. The van der Waals surface area contributed by atoms with E-state index in [0.717, 1.165) is 45.1 Å². The van der Waals surface area contributed by atoms with Crippen LogP contribution in [0.15, 0.2) is 24.3 Å². The van der Waals surface area contributed by atoms with Gasteiger partial charge in [-0.1, -0.05) is 26.0 Å². The lowest BCUT2D eigenvalue weighted by molar-refractivity contribution is -0.135. The SMILES string of the molecule is CCN1CCCCN(C(=O)CCC2CCCO2)[C@@H](CC(C)C)COc2ccccc2C1=O. The molecule has 3 rings (SSSR count). The minimum absolute atomic E-state index is 0.00291. The summed E-state index contributed by atoms with van der Waals surface area (Å²) in [6.07, 6.45) is 6.34. The van der Waals surface area contributed by atoms with Crippen LogP contribution < -0.4 is 4.74 Å². The molecule has 0 saturated carbocycles.